The molecule has 0 bridgehead atoms. The van der Waals surface area contributed by atoms with Crippen LogP contribution < -0.4 is 5.73 Å². The highest BCUT2D eigenvalue weighted by Crippen LogP contribution is 2.21. The SMILES string of the molecule is Cc1sccc1C(=O)C(N)c1cnn(C)c1. The first-order chi connectivity index (χ1) is 7.59. The maximum Gasteiger partial charge on any atom is 0.185 e. The van der Waals surface area contributed by atoms with Crippen molar-refractivity contribution in [1.82, 2.24) is 9.78 Å². The number of carbonyl (C=O) groups is 1. The summed E-state index contributed by atoms with van der Waals surface area (Å²) in [5, 5.41) is 5.91. The van der Waals surface area contributed by atoms with Crippen LogP contribution in [-0.4, -0.2) is 15.6 Å². The highest BCUT2D eigenvalue weighted by molar-refractivity contribution is 7.10. The van der Waals surface area contributed by atoms with Crippen LogP contribution in [0.4, 0.5) is 0 Å². The molecule has 1 unspecified atom stereocenters. The molecule has 0 aliphatic heterocycles. The predicted octanol–water partition coefficient (Wildman–Crippen LogP) is 1.67. The number of aromatic nitrogens is 2. The molecule has 2 heterocycles. The van der Waals surface area contributed by atoms with E-state index in [1.807, 2.05) is 18.4 Å². The first-order valence-electron chi connectivity index (χ1n) is 4.92. The second kappa shape index (κ2) is 4.19. The van der Waals surface area contributed by atoms with Gasteiger partial charge in [-0.25, -0.2) is 0 Å². The van der Waals surface area contributed by atoms with Crippen molar-refractivity contribution < 1.29 is 4.79 Å². The molecule has 5 heteroatoms. The van der Waals surface area contributed by atoms with E-state index in [1.165, 1.54) is 0 Å². The van der Waals surface area contributed by atoms with E-state index in [0.717, 1.165) is 10.4 Å². The summed E-state index contributed by atoms with van der Waals surface area (Å²) in [5.41, 5.74) is 7.37. The van der Waals surface area contributed by atoms with Gasteiger partial charge in [-0.1, -0.05) is 0 Å². The summed E-state index contributed by atoms with van der Waals surface area (Å²) in [5.74, 6) is -0.0493. The third-order valence-corrected chi connectivity index (χ3v) is 3.34. The van der Waals surface area contributed by atoms with E-state index in [0.29, 0.717) is 5.56 Å². The van der Waals surface area contributed by atoms with Crippen molar-refractivity contribution in [3.8, 4) is 0 Å². The second-order valence-corrected chi connectivity index (χ2v) is 4.80. The van der Waals surface area contributed by atoms with Crippen LogP contribution in [0.1, 0.15) is 26.8 Å². The van der Waals surface area contributed by atoms with Gasteiger partial charge >= 0.3 is 0 Å². The van der Waals surface area contributed by atoms with Crippen molar-refractivity contribution >= 4 is 17.1 Å². The Balaban J connectivity index is 2.26. The topological polar surface area (TPSA) is 60.9 Å². The molecule has 0 amide bonds. The second-order valence-electron chi connectivity index (χ2n) is 3.68. The monoisotopic (exact) mass is 235 g/mol. The van der Waals surface area contributed by atoms with Crippen LogP contribution in [0.5, 0.6) is 0 Å². The highest BCUT2D eigenvalue weighted by atomic mass is 32.1. The maximum atomic E-state index is 12.1. The fourth-order valence-corrected chi connectivity index (χ4v) is 2.26. The average Bonchev–Trinajstić information content (AvgIpc) is 2.85. The molecule has 0 radical (unpaired) electrons. The quantitative estimate of drug-likeness (QED) is 0.823. The molecule has 0 spiro atoms. The summed E-state index contributed by atoms with van der Waals surface area (Å²) in [4.78, 5) is 13.1. The Bertz CT molecular complexity index is 515. The third-order valence-electron chi connectivity index (χ3n) is 2.49. The molecule has 4 nitrogen and oxygen atoms in total. The summed E-state index contributed by atoms with van der Waals surface area (Å²) in [7, 11) is 1.80. The molecule has 0 saturated heterocycles. The Morgan fingerprint density at radius 1 is 1.62 bits per heavy atom. The van der Waals surface area contributed by atoms with Gasteiger partial charge in [0.05, 0.1) is 12.2 Å². The normalized spacial score (nSPS) is 12.7. The molecule has 16 heavy (non-hydrogen) atoms. The number of rotatable bonds is 3. The molecular formula is C11H13N3OS. The Hall–Kier alpha value is -1.46. The number of Topliss-reactive ketones (excluding diaryl/α,β-unsaturated/α-hetero) is 1. The number of nitrogens with two attached hydrogens (primary N) is 1. The van der Waals surface area contributed by atoms with Crippen LogP contribution in [-0.2, 0) is 7.05 Å². The lowest BCUT2D eigenvalue weighted by molar-refractivity contribution is 0.0961. The lowest BCUT2D eigenvalue weighted by atomic mass is 10.0. The molecule has 0 aliphatic carbocycles. The van der Waals surface area contributed by atoms with Gasteiger partial charge in [-0.05, 0) is 18.4 Å². The van der Waals surface area contributed by atoms with E-state index in [2.05, 4.69) is 5.10 Å². The molecule has 2 aromatic heterocycles. The molecule has 0 saturated carbocycles. The fourth-order valence-electron chi connectivity index (χ4n) is 1.56. The minimum absolute atomic E-state index is 0.0493. The van der Waals surface area contributed by atoms with Gasteiger partial charge in [-0.2, -0.15) is 5.10 Å². The van der Waals surface area contributed by atoms with Gasteiger partial charge in [0.2, 0.25) is 0 Å². The van der Waals surface area contributed by atoms with Crippen molar-refractivity contribution in [2.45, 2.75) is 13.0 Å². The number of hydrogen-bond acceptors (Lipinski definition) is 4. The van der Waals surface area contributed by atoms with Gasteiger partial charge in [0.15, 0.2) is 5.78 Å². The largest absolute Gasteiger partial charge is 0.317 e. The minimum atomic E-state index is -0.623. The van der Waals surface area contributed by atoms with Crippen LogP contribution >= 0.6 is 11.3 Å². The van der Waals surface area contributed by atoms with Crippen molar-refractivity contribution in [2.75, 3.05) is 0 Å². The van der Waals surface area contributed by atoms with Crippen LogP contribution in [0.2, 0.25) is 0 Å². The molecule has 0 aromatic carbocycles. The van der Waals surface area contributed by atoms with Crippen molar-refractivity contribution in [1.29, 1.82) is 0 Å². The van der Waals surface area contributed by atoms with Crippen LogP contribution in [0.15, 0.2) is 23.8 Å². The molecule has 2 aromatic rings. The van der Waals surface area contributed by atoms with Gasteiger partial charge in [0.1, 0.15) is 0 Å². The fraction of sp³-hybridized carbons (Fsp3) is 0.273. The average molecular weight is 235 g/mol. The van der Waals surface area contributed by atoms with Gasteiger partial charge < -0.3 is 5.73 Å². The predicted molar refractivity (Wildman–Crippen MR) is 63.5 cm³/mol. The van der Waals surface area contributed by atoms with Gasteiger partial charge in [-0.3, -0.25) is 9.48 Å². The Labute approximate surface area is 97.7 Å². The van der Waals surface area contributed by atoms with E-state index in [4.69, 9.17) is 5.73 Å². The van der Waals surface area contributed by atoms with Crippen LogP contribution in [0.3, 0.4) is 0 Å². The van der Waals surface area contributed by atoms with Crippen molar-refractivity contribution in [3.05, 3.63) is 39.8 Å². The van der Waals surface area contributed by atoms with Crippen molar-refractivity contribution in [2.24, 2.45) is 12.8 Å². The lowest BCUT2D eigenvalue weighted by Crippen LogP contribution is -2.21. The van der Waals surface area contributed by atoms with Gasteiger partial charge in [-0.15, -0.1) is 11.3 Å². The summed E-state index contributed by atoms with van der Waals surface area (Å²) in [6, 6.07) is 1.19. The van der Waals surface area contributed by atoms with Crippen molar-refractivity contribution in [3.63, 3.8) is 0 Å². The molecular weight excluding hydrogens is 222 g/mol. The number of carbonyl (C=O) groups excluding carboxylic acids is 1. The van der Waals surface area contributed by atoms with Gasteiger partial charge in [0.25, 0.3) is 0 Å². The molecule has 0 aliphatic rings. The number of hydrogen-bond donors (Lipinski definition) is 1. The molecule has 2 rings (SSSR count). The van der Waals surface area contributed by atoms with E-state index >= 15 is 0 Å². The minimum Gasteiger partial charge on any atom is -0.317 e. The summed E-state index contributed by atoms with van der Waals surface area (Å²) < 4.78 is 1.64. The third kappa shape index (κ3) is 1.91. The summed E-state index contributed by atoms with van der Waals surface area (Å²) in [6.07, 6.45) is 3.40. The molecule has 0 fully saturated rings. The van der Waals surface area contributed by atoms with Crippen LogP contribution in [0, 0.1) is 6.92 Å². The number of thiophene rings is 1. The summed E-state index contributed by atoms with van der Waals surface area (Å²) in [6.45, 7) is 1.92. The molecule has 1 atom stereocenters. The number of aryl methyl sites for hydroxylation is 2. The smallest absolute Gasteiger partial charge is 0.185 e. The van der Waals surface area contributed by atoms with E-state index in [-0.39, 0.29) is 5.78 Å². The zero-order chi connectivity index (χ0) is 11.7. The van der Waals surface area contributed by atoms with E-state index in [9.17, 15) is 4.79 Å². The molecule has 2 N–H and O–H groups in total. The van der Waals surface area contributed by atoms with Gasteiger partial charge in [0, 0.05) is 29.2 Å². The van der Waals surface area contributed by atoms with Crippen LogP contribution in [0.25, 0.3) is 0 Å². The van der Waals surface area contributed by atoms with E-state index in [1.54, 1.807) is 35.5 Å². The Kier molecular flexibility index (Phi) is 2.89. The Morgan fingerprint density at radius 2 is 2.38 bits per heavy atom. The Morgan fingerprint density at radius 3 is 2.88 bits per heavy atom. The first kappa shape index (κ1) is 11.0. The first-order valence-corrected chi connectivity index (χ1v) is 5.80. The highest BCUT2D eigenvalue weighted by Gasteiger charge is 2.20. The maximum absolute atomic E-state index is 12.1. The zero-order valence-electron chi connectivity index (χ0n) is 9.18. The number of nitrogens with zero attached hydrogens (tertiary/aromatic N) is 2. The summed E-state index contributed by atoms with van der Waals surface area (Å²) >= 11 is 1.55. The lowest BCUT2D eigenvalue weighted by Gasteiger charge is -2.07. The zero-order valence-corrected chi connectivity index (χ0v) is 9.99. The number of ketones is 1. The molecule has 84 valence electrons. The van der Waals surface area contributed by atoms with E-state index < -0.39 is 6.04 Å². The standard InChI is InChI=1S/C11H13N3OS/c1-7-9(3-4-16-7)11(15)10(12)8-5-13-14(2)6-8/h3-6,10H,12H2,1-2H3.